The van der Waals surface area contributed by atoms with Gasteiger partial charge in [-0.25, -0.2) is 24.7 Å². The fourth-order valence-corrected chi connectivity index (χ4v) is 6.98. The molecule has 3 unspecified atom stereocenters. The molecule has 0 saturated carbocycles. The third kappa shape index (κ3) is 4.23. The first-order chi connectivity index (χ1) is 17.8. The van der Waals surface area contributed by atoms with E-state index in [1.165, 1.54) is 16.7 Å². The minimum atomic E-state index is -0.972. The second-order valence-corrected chi connectivity index (χ2v) is 11.8. The van der Waals surface area contributed by atoms with Gasteiger partial charge in [-0.05, 0) is 32.0 Å². The lowest BCUT2D eigenvalue weighted by molar-refractivity contribution is -0.158. The molecule has 12 heteroatoms. The molecule has 0 spiro atoms. The van der Waals surface area contributed by atoms with E-state index in [0.717, 1.165) is 43.0 Å². The van der Waals surface area contributed by atoms with Crippen LogP contribution in [-0.4, -0.2) is 95.1 Å². The van der Waals surface area contributed by atoms with Gasteiger partial charge in [-0.2, -0.15) is 0 Å². The highest BCUT2D eigenvalue weighted by Gasteiger charge is 2.64. The number of para-hydroxylation sites is 1. The van der Waals surface area contributed by atoms with Gasteiger partial charge in [0.05, 0.1) is 12.1 Å². The highest BCUT2D eigenvalue weighted by Crippen LogP contribution is 2.51. The van der Waals surface area contributed by atoms with Gasteiger partial charge in [0.1, 0.15) is 29.1 Å². The third-order valence-electron chi connectivity index (χ3n) is 7.19. The fourth-order valence-electron chi connectivity index (χ4n) is 5.36. The van der Waals surface area contributed by atoms with E-state index in [1.54, 1.807) is 12.4 Å². The molecule has 1 aromatic carbocycles. The van der Waals surface area contributed by atoms with Crippen molar-refractivity contribution in [2.45, 2.75) is 42.6 Å². The summed E-state index contributed by atoms with van der Waals surface area (Å²) in [6.07, 6.45) is 3.51. The van der Waals surface area contributed by atoms with Crippen molar-refractivity contribution in [3.63, 3.8) is 0 Å². The number of carboxylic acids is 1. The van der Waals surface area contributed by atoms with Crippen molar-refractivity contribution in [3.05, 3.63) is 48.5 Å². The van der Waals surface area contributed by atoms with Crippen LogP contribution in [0.4, 0.5) is 11.8 Å². The van der Waals surface area contributed by atoms with Crippen LogP contribution in [0.2, 0.25) is 0 Å². The third-order valence-corrected chi connectivity index (χ3v) is 8.76. The van der Waals surface area contributed by atoms with Crippen molar-refractivity contribution in [3.8, 4) is 0 Å². The Kier molecular flexibility index (Phi) is 5.87. The van der Waals surface area contributed by atoms with Crippen LogP contribution >= 0.6 is 11.8 Å². The average Bonchev–Trinajstić information content (AvgIpc) is 3.16. The largest absolute Gasteiger partial charge is 0.480 e. The molecule has 11 nitrogen and oxygen atoms in total. The van der Waals surface area contributed by atoms with Gasteiger partial charge < -0.3 is 20.2 Å². The number of aliphatic carboxylic acids is 1. The van der Waals surface area contributed by atoms with Gasteiger partial charge >= 0.3 is 5.97 Å². The number of hydrogen-bond donors (Lipinski definition) is 2. The quantitative estimate of drug-likeness (QED) is 0.461. The van der Waals surface area contributed by atoms with Gasteiger partial charge in [-0.1, -0.05) is 12.1 Å². The summed E-state index contributed by atoms with van der Waals surface area (Å²) in [5.74, 6) is 0.844. The lowest BCUT2D eigenvalue weighted by atomic mass is 9.96. The zero-order valence-corrected chi connectivity index (χ0v) is 21.4. The molecular formula is C25H28N8O3S. The van der Waals surface area contributed by atoms with Gasteiger partial charge in [0.25, 0.3) is 0 Å². The zero-order chi connectivity index (χ0) is 25.7. The first-order valence-electron chi connectivity index (χ1n) is 12.3. The monoisotopic (exact) mass is 520 g/mol. The molecule has 0 aliphatic carbocycles. The Hall–Kier alpha value is -3.51. The number of thioether (sulfide) groups is 1. The van der Waals surface area contributed by atoms with E-state index >= 15 is 0 Å². The smallest absolute Gasteiger partial charge is 0.327 e. The topological polar surface area (TPSA) is 128 Å². The number of carbonyl (C=O) groups excluding carboxylic acids is 1. The molecule has 3 saturated heterocycles. The summed E-state index contributed by atoms with van der Waals surface area (Å²) in [4.78, 5) is 49.2. The Bertz CT molecular complexity index is 1350. The summed E-state index contributed by atoms with van der Waals surface area (Å²) >= 11 is 1.52. The van der Waals surface area contributed by atoms with Crippen molar-refractivity contribution >= 4 is 46.3 Å². The van der Waals surface area contributed by atoms with E-state index < -0.39 is 22.8 Å². The molecule has 0 radical (unpaired) electrons. The molecule has 2 aromatic heterocycles. The molecule has 192 valence electrons. The molecule has 2 N–H and O–H groups in total. The molecule has 3 aliphatic rings. The van der Waals surface area contributed by atoms with E-state index in [9.17, 15) is 14.7 Å². The number of nitrogens with zero attached hydrogens (tertiary/aromatic N) is 7. The summed E-state index contributed by atoms with van der Waals surface area (Å²) in [5.41, 5.74) is 0.803. The van der Waals surface area contributed by atoms with Crippen molar-refractivity contribution in [2.75, 3.05) is 36.4 Å². The number of carboxylic acid groups (broad SMARTS) is 1. The average molecular weight is 521 g/mol. The molecule has 5 heterocycles. The minimum absolute atomic E-state index is 0.209. The Balaban J connectivity index is 1.20. The van der Waals surface area contributed by atoms with Crippen LogP contribution in [0.3, 0.4) is 0 Å². The number of aromatic nitrogens is 4. The maximum atomic E-state index is 13.1. The minimum Gasteiger partial charge on any atom is -0.480 e. The molecule has 3 atom stereocenters. The van der Waals surface area contributed by atoms with E-state index in [1.807, 2.05) is 44.2 Å². The predicted octanol–water partition coefficient (Wildman–Crippen LogP) is 1.67. The molecule has 37 heavy (non-hydrogen) atoms. The number of rotatable bonds is 6. The number of β-lactam (4-membered cyclic amide) rings is 1. The molecule has 3 aliphatic heterocycles. The van der Waals surface area contributed by atoms with Crippen LogP contribution in [0.15, 0.2) is 42.7 Å². The van der Waals surface area contributed by atoms with Crippen LogP contribution < -0.4 is 10.2 Å². The summed E-state index contributed by atoms with van der Waals surface area (Å²) < 4.78 is -0.575. The van der Waals surface area contributed by atoms with E-state index in [0.29, 0.717) is 18.2 Å². The van der Waals surface area contributed by atoms with E-state index in [-0.39, 0.29) is 11.3 Å². The summed E-state index contributed by atoms with van der Waals surface area (Å²) in [5, 5.41) is 13.6. The Morgan fingerprint density at radius 2 is 1.84 bits per heavy atom. The Morgan fingerprint density at radius 3 is 2.57 bits per heavy atom. The zero-order valence-electron chi connectivity index (χ0n) is 20.6. The Labute approximate surface area is 218 Å². The van der Waals surface area contributed by atoms with E-state index in [2.05, 4.69) is 25.1 Å². The normalized spacial score (nSPS) is 25.1. The standard InChI is InChI=1S/C25H28N8O3S/c1-25(2)19(23(35)36)33-21(34)18(22(33)37-25)30-20-15-6-3-4-7-16(15)28-17(29-20)14-31-10-12-32(13-11-31)24-26-8-5-9-27-24/h3-9,18-19,22H,10-14H2,1-2H3,(H,35,36)(H,28,29,30). The SMILES string of the molecule is CC1(C)SC2C(Nc3nc(CN4CCN(c5ncccn5)CC4)nc4ccccc34)C(=O)N2C1C(=O)O. The van der Waals surface area contributed by atoms with Crippen LogP contribution in [0, 0.1) is 0 Å². The maximum Gasteiger partial charge on any atom is 0.327 e. The molecule has 0 bridgehead atoms. The van der Waals surface area contributed by atoms with Crippen molar-refractivity contribution in [2.24, 2.45) is 0 Å². The first kappa shape index (κ1) is 23.9. The maximum absolute atomic E-state index is 13.1. The van der Waals surface area contributed by atoms with Crippen molar-refractivity contribution in [1.82, 2.24) is 29.7 Å². The number of benzene rings is 1. The van der Waals surface area contributed by atoms with Gasteiger partial charge in [0, 0.05) is 48.7 Å². The molecule has 3 aromatic rings. The second kappa shape index (κ2) is 9.10. The van der Waals surface area contributed by atoms with E-state index in [4.69, 9.17) is 9.97 Å². The number of anilines is 2. The van der Waals surface area contributed by atoms with Crippen LogP contribution in [0.1, 0.15) is 19.7 Å². The number of piperazine rings is 1. The first-order valence-corrected chi connectivity index (χ1v) is 13.2. The number of fused-ring (bicyclic) bond motifs is 2. The second-order valence-electron chi connectivity index (χ2n) is 10.0. The lowest BCUT2D eigenvalue weighted by Crippen LogP contribution is -2.68. The molecule has 3 fully saturated rings. The highest BCUT2D eigenvalue weighted by atomic mass is 32.2. The number of carbonyl (C=O) groups is 2. The number of hydrogen-bond acceptors (Lipinski definition) is 10. The van der Waals surface area contributed by atoms with Crippen molar-refractivity contribution in [1.29, 1.82) is 0 Å². The molecular weight excluding hydrogens is 492 g/mol. The van der Waals surface area contributed by atoms with Gasteiger partial charge in [0.2, 0.25) is 11.9 Å². The predicted molar refractivity (Wildman–Crippen MR) is 140 cm³/mol. The summed E-state index contributed by atoms with van der Waals surface area (Å²) in [6, 6.07) is 8.18. The summed E-state index contributed by atoms with van der Waals surface area (Å²) in [7, 11) is 0. The number of amides is 1. The van der Waals surface area contributed by atoms with Gasteiger partial charge in [-0.3, -0.25) is 9.69 Å². The highest BCUT2D eigenvalue weighted by molar-refractivity contribution is 8.01. The molecule has 6 rings (SSSR count). The number of nitrogens with one attached hydrogen (secondary N) is 1. The van der Waals surface area contributed by atoms with Crippen LogP contribution in [0.25, 0.3) is 10.9 Å². The summed E-state index contributed by atoms with van der Waals surface area (Å²) in [6.45, 7) is 7.63. The van der Waals surface area contributed by atoms with Crippen LogP contribution in [-0.2, 0) is 16.1 Å². The fraction of sp³-hybridized carbons (Fsp3) is 0.440. The van der Waals surface area contributed by atoms with Gasteiger partial charge in [-0.15, -0.1) is 11.8 Å². The van der Waals surface area contributed by atoms with Crippen LogP contribution in [0.5, 0.6) is 0 Å². The lowest BCUT2D eigenvalue weighted by Gasteiger charge is -2.43. The van der Waals surface area contributed by atoms with Crippen molar-refractivity contribution < 1.29 is 14.7 Å². The molecule has 1 amide bonds. The van der Waals surface area contributed by atoms with Gasteiger partial charge in [0.15, 0.2) is 0 Å². The Morgan fingerprint density at radius 1 is 1.11 bits per heavy atom.